The number of fused-ring (bicyclic) bond motifs is 2. The fraction of sp³-hybridized carbons (Fsp3) is 1.00. The summed E-state index contributed by atoms with van der Waals surface area (Å²) in [5.74, 6) is 1.97. The summed E-state index contributed by atoms with van der Waals surface area (Å²) in [6, 6.07) is 0. The Bertz CT molecular complexity index is 221. The molecular weight excluding hydrogens is 136 g/mol. The van der Waals surface area contributed by atoms with E-state index in [-0.39, 0.29) is 0 Å². The van der Waals surface area contributed by atoms with Gasteiger partial charge in [0.2, 0.25) is 0 Å². The zero-order valence-electron chi connectivity index (χ0n) is 7.55. The van der Waals surface area contributed by atoms with E-state index in [0.717, 1.165) is 11.8 Å². The van der Waals surface area contributed by atoms with Crippen molar-refractivity contribution in [1.82, 2.24) is 0 Å². The Morgan fingerprint density at radius 3 is 2.55 bits per heavy atom. The molecule has 11 heavy (non-hydrogen) atoms. The highest BCUT2D eigenvalue weighted by molar-refractivity contribution is 5.18. The lowest BCUT2D eigenvalue weighted by Gasteiger charge is -2.09. The van der Waals surface area contributed by atoms with Crippen LogP contribution >= 0.6 is 0 Å². The van der Waals surface area contributed by atoms with Crippen molar-refractivity contribution < 1.29 is 4.74 Å². The SMILES string of the molecule is CC1(C)[C@@H]2C[C@]3(C)O[C@@H]3C[C@@H]21. The zero-order chi connectivity index (χ0) is 7.85. The molecule has 0 aromatic carbocycles. The van der Waals surface area contributed by atoms with E-state index in [2.05, 4.69) is 20.8 Å². The lowest BCUT2D eigenvalue weighted by Crippen LogP contribution is -2.16. The van der Waals surface area contributed by atoms with Crippen LogP contribution < -0.4 is 0 Å². The Kier molecular flexibility index (Phi) is 0.820. The molecule has 3 aliphatic rings. The molecule has 62 valence electrons. The quantitative estimate of drug-likeness (QED) is 0.485. The summed E-state index contributed by atoms with van der Waals surface area (Å²) in [6.07, 6.45) is 3.30. The van der Waals surface area contributed by atoms with Crippen molar-refractivity contribution in [3.05, 3.63) is 0 Å². The van der Waals surface area contributed by atoms with Gasteiger partial charge in [-0.2, -0.15) is 0 Å². The second-order valence-electron chi connectivity index (χ2n) is 5.39. The average molecular weight is 152 g/mol. The van der Waals surface area contributed by atoms with E-state index in [1.54, 1.807) is 0 Å². The predicted molar refractivity (Wildman–Crippen MR) is 43.3 cm³/mol. The first-order valence-electron chi connectivity index (χ1n) is 4.72. The third-order valence-electron chi connectivity index (χ3n) is 4.42. The van der Waals surface area contributed by atoms with E-state index in [1.807, 2.05) is 0 Å². The fourth-order valence-corrected chi connectivity index (χ4v) is 3.17. The lowest BCUT2D eigenvalue weighted by molar-refractivity contribution is 0.282. The van der Waals surface area contributed by atoms with Gasteiger partial charge in [-0.1, -0.05) is 13.8 Å². The van der Waals surface area contributed by atoms with Crippen LogP contribution in [-0.4, -0.2) is 11.7 Å². The maximum absolute atomic E-state index is 5.66. The van der Waals surface area contributed by atoms with Crippen LogP contribution in [0.15, 0.2) is 0 Å². The van der Waals surface area contributed by atoms with Crippen LogP contribution in [0.2, 0.25) is 0 Å². The van der Waals surface area contributed by atoms with Crippen molar-refractivity contribution in [2.45, 2.75) is 45.3 Å². The first-order chi connectivity index (χ1) is 5.04. The third-order valence-corrected chi connectivity index (χ3v) is 4.42. The van der Waals surface area contributed by atoms with Crippen molar-refractivity contribution in [2.75, 3.05) is 0 Å². The Labute approximate surface area is 68.1 Å². The van der Waals surface area contributed by atoms with Gasteiger partial charge in [-0.15, -0.1) is 0 Å². The van der Waals surface area contributed by atoms with Crippen molar-refractivity contribution in [2.24, 2.45) is 17.3 Å². The minimum atomic E-state index is 0.314. The minimum absolute atomic E-state index is 0.314. The van der Waals surface area contributed by atoms with Crippen LogP contribution in [0.5, 0.6) is 0 Å². The largest absolute Gasteiger partial charge is 0.366 e. The number of hydrogen-bond acceptors (Lipinski definition) is 1. The number of epoxide rings is 1. The topological polar surface area (TPSA) is 12.5 Å². The van der Waals surface area contributed by atoms with Crippen LogP contribution in [0.4, 0.5) is 0 Å². The average Bonchev–Trinajstić information content (AvgIpc) is 2.68. The van der Waals surface area contributed by atoms with E-state index in [1.165, 1.54) is 12.8 Å². The lowest BCUT2D eigenvalue weighted by atomic mass is 9.91. The smallest absolute Gasteiger partial charge is 0.0923 e. The molecule has 0 bridgehead atoms. The van der Waals surface area contributed by atoms with Gasteiger partial charge in [-0.05, 0) is 37.0 Å². The van der Waals surface area contributed by atoms with E-state index in [4.69, 9.17) is 4.74 Å². The van der Waals surface area contributed by atoms with E-state index >= 15 is 0 Å². The summed E-state index contributed by atoms with van der Waals surface area (Å²) in [4.78, 5) is 0. The van der Waals surface area contributed by atoms with Gasteiger partial charge in [0.15, 0.2) is 0 Å². The molecule has 1 saturated heterocycles. The normalized spacial score (nSPS) is 63.0. The molecule has 0 amide bonds. The van der Waals surface area contributed by atoms with E-state index < -0.39 is 0 Å². The monoisotopic (exact) mass is 152 g/mol. The van der Waals surface area contributed by atoms with Crippen molar-refractivity contribution >= 4 is 0 Å². The molecule has 0 aromatic heterocycles. The third kappa shape index (κ3) is 0.618. The van der Waals surface area contributed by atoms with Gasteiger partial charge in [0, 0.05) is 0 Å². The van der Waals surface area contributed by atoms with Gasteiger partial charge in [-0.25, -0.2) is 0 Å². The van der Waals surface area contributed by atoms with Gasteiger partial charge >= 0.3 is 0 Å². The van der Waals surface area contributed by atoms with Gasteiger partial charge in [0.1, 0.15) is 0 Å². The van der Waals surface area contributed by atoms with Crippen LogP contribution in [0, 0.1) is 17.3 Å². The molecular formula is C10H16O. The van der Waals surface area contributed by atoms with Gasteiger partial charge in [0.25, 0.3) is 0 Å². The summed E-state index contributed by atoms with van der Waals surface area (Å²) < 4.78 is 5.66. The highest BCUT2D eigenvalue weighted by atomic mass is 16.6. The van der Waals surface area contributed by atoms with Crippen molar-refractivity contribution in [1.29, 1.82) is 0 Å². The zero-order valence-corrected chi connectivity index (χ0v) is 7.55. The molecule has 2 saturated carbocycles. The Morgan fingerprint density at radius 1 is 1.18 bits per heavy atom. The van der Waals surface area contributed by atoms with E-state index in [9.17, 15) is 0 Å². The maximum Gasteiger partial charge on any atom is 0.0923 e. The molecule has 0 spiro atoms. The Balaban J connectivity index is 1.85. The second-order valence-corrected chi connectivity index (χ2v) is 5.39. The summed E-state index contributed by atoms with van der Waals surface area (Å²) in [6.45, 7) is 7.11. The van der Waals surface area contributed by atoms with Crippen LogP contribution in [0.3, 0.4) is 0 Å². The molecule has 3 fully saturated rings. The molecule has 4 atom stereocenters. The van der Waals surface area contributed by atoms with Gasteiger partial charge in [0.05, 0.1) is 11.7 Å². The van der Waals surface area contributed by atoms with Crippen LogP contribution in [0.1, 0.15) is 33.6 Å². The molecule has 1 heteroatoms. The summed E-state index contributed by atoms with van der Waals surface area (Å²) in [5, 5.41) is 0. The fourth-order valence-electron chi connectivity index (χ4n) is 3.17. The molecule has 1 heterocycles. The number of hydrogen-bond donors (Lipinski definition) is 0. The molecule has 1 aliphatic heterocycles. The van der Waals surface area contributed by atoms with E-state index in [0.29, 0.717) is 17.1 Å². The Morgan fingerprint density at radius 2 is 1.91 bits per heavy atom. The highest BCUT2D eigenvalue weighted by Crippen LogP contribution is 2.70. The molecule has 2 aliphatic carbocycles. The molecule has 0 radical (unpaired) electrons. The summed E-state index contributed by atoms with van der Waals surface area (Å²) in [7, 11) is 0. The Hall–Kier alpha value is -0.0400. The number of ether oxygens (including phenoxy) is 1. The first-order valence-corrected chi connectivity index (χ1v) is 4.72. The van der Waals surface area contributed by atoms with Crippen LogP contribution in [-0.2, 0) is 4.74 Å². The standard InChI is InChI=1S/C10H16O/c1-9(2)6-4-8-10(3,11-8)5-7(6)9/h6-8H,4-5H2,1-3H3/t6-,7+,8+,10-/m0/s1. The minimum Gasteiger partial charge on any atom is -0.366 e. The molecule has 0 N–H and O–H groups in total. The molecule has 1 nitrogen and oxygen atoms in total. The first kappa shape index (κ1) is 6.47. The maximum atomic E-state index is 5.66. The van der Waals surface area contributed by atoms with Crippen LogP contribution in [0.25, 0.3) is 0 Å². The van der Waals surface area contributed by atoms with Crippen molar-refractivity contribution in [3.8, 4) is 0 Å². The van der Waals surface area contributed by atoms with Crippen molar-refractivity contribution in [3.63, 3.8) is 0 Å². The summed E-state index contributed by atoms with van der Waals surface area (Å²) >= 11 is 0. The highest BCUT2D eigenvalue weighted by Gasteiger charge is 2.70. The summed E-state index contributed by atoms with van der Waals surface area (Å²) in [5.41, 5.74) is 0.967. The predicted octanol–water partition coefficient (Wildman–Crippen LogP) is 2.21. The molecule has 0 aromatic rings. The number of rotatable bonds is 0. The molecule has 3 rings (SSSR count). The molecule has 0 unspecified atom stereocenters. The van der Waals surface area contributed by atoms with Gasteiger partial charge < -0.3 is 4.74 Å². The second kappa shape index (κ2) is 1.39. The van der Waals surface area contributed by atoms with Gasteiger partial charge in [-0.3, -0.25) is 0 Å².